The summed E-state index contributed by atoms with van der Waals surface area (Å²) in [5.74, 6) is 0.0846. The van der Waals surface area contributed by atoms with Gasteiger partial charge in [-0.25, -0.2) is 0 Å². The molecule has 0 aliphatic rings. The monoisotopic (exact) mass is 197 g/mol. The summed E-state index contributed by atoms with van der Waals surface area (Å²) in [6.45, 7) is 0.766. The second kappa shape index (κ2) is 4.83. The zero-order valence-electron chi connectivity index (χ0n) is 8.41. The van der Waals surface area contributed by atoms with E-state index >= 15 is 0 Å². The Morgan fingerprint density at radius 1 is 1.21 bits per heavy atom. The topological polar surface area (TPSA) is 64.7 Å². The average Bonchev–Trinajstić information content (AvgIpc) is 2.18. The van der Waals surface area contributed by atoms with Gasteiger partial charge in [-0.05, 0) is 11.6 Å². The van der Waals surface area contributed by atoms with E-state index in [0.717, 1.165) is 5.56 Å². The number of phenolic OH excluding ortho intramolecular Hbond substituents is 1. The van der Waals surface area contributed by atoms with Gasteiger partial charge < -0.3 is 20.3 Å². The van der Waals surface area contributed by atoms with Crippen molar-refractivity contribution >= 4 is 5.69 Å². The van der Waals surface area contributed by atoms with Gasteiger partial charge in [0.25, 0.3) is 0 Å². The van der Waals surface area contributed by atoms with Crippen LogP contribution in [0.2, 0.25) is 0 Å². The van der Waals surface area contributed by atoms with Crippen LogP contribution in [0.5, 0.6) is 5.75 Å². The third kappa shape index (κ3) is 2.16. The van der Waals surface area contributed by atoms with E-state index in [2.05, 4.69) is 0 Å². The van der Waals surface area contributed by atoms with Crippen molar-refractivity contribution in [3.05, 3.63) is 23.3 Å². The number of hydrogen-bond acceptors (Lipinski definition) is 4. The Kier molecular flexibility index (Phi) is 3.73. The molecule has 0 fully saturated rings. The lowest BCUT2D eigenvalue weighted by Gasteiger charge is -2.11. The third-order valence-corrected chi connectivity index (χ3v) is 2.00. The van der Waals surface area contributed by atoms with E-state index in [0.29, 0.717) is 24.5 Å². The van der Waals surface area contributed by atoms with E-state index in [9.17, 15) is 5.11 Å². The molecule has 4 heteroatoms. The number of hydrogen-bond donors (Lipinski definition) is 2. The lowest BCUT2D eigenvalue weighted by Crippen LogP contribution is -2.00. The maximum Gasteiger partial charge on any atom is 0.144 e. The first-order valence-electron chi connectivity index (χ1n) is 4.27. The normalized spacial score (nSPS) is 10.4. The molecule has 3 N–H and O–H groups in total. The molecule has 0 aromatic heterocycles. The second-order valence-corrected chi connectivity index (χ2v) is 3.01. The Morgan fingerprint density at radius 3 is 2.43 bits per heavy atom. The highest BCUT2D eigenvalue weighted by atomic mass is 16.5. The van der Waals surface area contributed by atoms with E-state index in [1.54, 1.807) is 20.3 Å². The molecule has 0 aliphatic carbocycles. The Hall–Kier alpha value is -1.26. The van der Waals surface area contributed by atoms with Crippen molar-refractivity contribution in [1.29, 1.82) is 0 Å². The molecule has 1 aromatic carbocycles. The van der Waals surface area contributed by atoms with Crippen LogP contribution in [-0.2, 0) is 22.7 Å². The van der Waals surface area contributed by atoms with Crippen molar-refractivity contribution in [3.8, 4) is 5.75 Å². The van der Waals surface area contributed by atoms with Gasteiger partial charge in [-0.3, -0.25) is 0 Å². The van der Waals surface area contributed by atoms with Crippen LogP contribution in [0.3, 0.4) is 0 Å². The lowest BCUT2D eigenvalue weighted by molar-refractivity contribution is 0.166. The highest BCUT2D eigenvalue weighted by Gasteiger charge is 2.10. The summed E-state index contributed by atoms with van der Waals surface area (Å²) in [6, 6.07) is 3.48. The predicted octanol–water partition coefficient (Wildman–Crippen LogP) is 1.27. The second-order valence-electron chi connectivity index (χ2n) is 3.01. The first-order valence-corrected chi connectivity index (χ1v) is 4.27. The van der Waals surface area contributed by atoms with Crippen LogP contribution in [0.15, 0.2) is 12.1 Å². The van der Waals surface area contributed by atoms with Crippen molar-refractivity contribution in [2.24, 2.45) is 0 Å². The fourth-order valence-electron chi connectivity index (χ4n) is 1.29. The van der Waals surface area contributed by atoms with Crippen LogP contribution < -0.4 is 5.73 Å². The highest BCUT2D eigenvalue weighted by Crippen LogP contribution is 2.29. The molecule has 1 rings (SSSR count). The minimum atomic E-state index is 0.0846. The number of nitrogens with two attached hydrogens (primary N) is 1. The Morgan fingerprint density at radius 2 is 1.86 bits per heavy atom. The Labute approximate surface area is 83.3 Å². The summed E-state index contributed by atoms with van der Waals surface area (Å²) in [4.78, 5) is 0. The highest BCUT2D eigenvalue weighted by molar-refractivity contribution is 5.58. The zero-order chi connectivity index (χ0) is 10.6. The number of methoxy groups -OCH3 is 2. The van der Waals surface area contributed by atoms with E-state index in [4.69, 9.17) is 15.2 Å². The summed E-state index contributed by atoms with van der Waals surface area (Å²) in [5, 5.41) is 9.68. The summed E-state index contributed by atoms with van der Waals surface area (Å²) >= 11 is 0. The van der Waals surface area contributed by atoms with Gasteiger partial charge in [0.05, 0.1) is 18.9 Å². The van der Waals surface area contributed by atoms with Gasteiger partial charge in [-0.1, -0.05) is 6.07 Å². The first-order chi connectivity index (χ1) is 6.70. The molecule has 78 valence electrons. The Balaban J connectivity index is 3.08. The maximum absolute atomic E-state index is 9.68. The van der Waals surface area contributed by atoms with Crippen molar-refractivity contribution in [2.75, 3.05) is 20.0 Å². The van der Waals surface area contributed by atoms with Crippen LogP contribution in [-0.4, -0.2) is 19.3 Å². The molecule has 0 aliphatic heterocycles. The van der Waals surface area contributed by atoms with Crippen molar-refractivity contribution in [3.63, 3.8) is 0 Å². The van der Waals surface area contributed by atoms with E-state index < -0.39 is 0 Å². The van der Waals surface area contributed by atoms with Gasteiger partial charge in [0.15, 0.2) is 0 Å². The van der Waals surface area contributed by atoms with E-state index in [1.165, 1.54) is 0 Å². The quantitative estimate of drug-likeness (QED) is 0.563. The fraction of sp³-hybridized carbons (Fsp3) is 0.400. The molecule has 0 saturated carbocycles. The van der Waals surface area contributed by atoms with E-state index in [1.807, 2.05) is 6.07 Å². The average molecular weight is 197 g/mol. The molecule has 0 bridgehead atoms. The Bertz CT molecular complexity index is 312. The molecule has 0 saturated heterocycles. The van der Waals surface area contributed by atoms with Gasteiger partial charge in [0.2, 0.25) is 0 Å². The van der Waals surface area contributed by atoms with E-state index in [-0.39, 0.29) is 5.75 Å². The summed E-state index contributed by atoms with van der Waals surface area (Å²) in [5.41, 5.74) is 7.51. The summed E-state index contributed by atoms with van der Waals surface area (Å²) in [6.07, 6.45) is 0. The van der Waals surface area contributed by atoms with Gasteiger partial charge in [-0.15, -0.1) is 0 Å². The number of benzene rings is 1. The van der Waals surface area contributed by atoms with Crippen molar-refractivity contribution in [1.82, 2.24) is 0 Å². The van der Waals surface area contributed by atoms with Gasteiger partial charge in [0, 0.05) is 19.8 Å². The smallest absolute Gasteiger partial charge is 0.144 e. The van der Waals surface area contributed by atoms with Crippen LogP contribution in [0.1, 0.15) is 11.1 Å². The molecule has 0 heterocycles. The number of aromatic hydroxyl groups is 1. The zero-order valence-corrected chi connectivity index (χ0v) is 8.41. The van der Waals surface area contributed by atoms with Gasteiger partial charge in [0.1, 0.15) is 5.75 Å². The number of phenols is 1. The van der Waals surface area contributed by atoms with Crippen LogP contribution in [0.4, 0.5) is 5.69 Å². The SMILES string of the molecule is COCc1ccc(N)c(O)c1COC. The predicted molar refractivity (Wildman–Crippen MR) is 53.9 cm³/mol. The molecule has 4 nitrogen and oxygen atoms in total. The fourth-order valence-corrected chi connectivity index (χ4v) is 1.29. The standard InChI is InChI=1S/C10H15NO3/c1-13-5-7-3-4-9(11)10(12)8(7)6-14-2/h3-4,12H,5-6,11H2,1-2H3. The van der Waals surface area contributed by atoms with Crippen LogP contribution >= 0.6 is 0 Å². The van der Waals surface area contributed by atoms with Crippen molar-refractivity contribution in [2.45, 2.75) is 13.2 Å². The summed E-state index contributed by atoms with van der Waals surface area (Å²) < 4.78 is 9.98. The molecule has 0 amide bonds. The molecular formula is C10H15NO3. The van der Waals surface area contributed by atoms with Gasteiger partial charge in [-0.2, -0.15) is 0 Å². The largest absolute Gasteiger partial charge is 0.505 e. The molecule has 14 heavy (non-hydrogen) atoms. The van der Waals surface area contributed by atoms with Crippen molar-refractivity contribution < 1.29 is 14.6 Å². The number of anilines is 1. The van der Waals surface area contributed by atoms with Crippen LogP contribution in [0, 0.1) is 0 Å². The third-order valence-electron chi connectivity index (χ3n) is 2.00. The number of ether oxygens (including phenoxy) is 2. The lowest BCUT2D eigenvalue weighted by atomic mass is 10.1. The molecule has 0 spiro atoms. The molecule has 0 radical (unpaired) electrons. The minimum absolute atomic E-state index is 0.0846. The number of nitrogen functional groups attached to an aromatic ring is 1. The summed E-state index contributed by atoms with van der Waals surface area (Å²) in [7, 11) is 3.17. The molecular weight excluding hydrogens is 182 g/mol. The first kappa shape index (κ1) is 10.8. The van der Waals surface area contributed by atoms with Crippen LogP contribution in [0.25, 0.3) is 0 Å². The minimum Gasteiger partial charge on any atom is -0.505 e. The molecule has 1 aromatic rings. The van der Waals surface area contributed by atoms with Gasteiger partial charge >= 0.3 is 0 Å². The molecule has 0 unspecified atom stereocenters. The molecule has 0 atom stereocenters. The maximum atomic E-state index is 9.68. The number of rotatable bonds is 4.